The first-order valence-corrected chi connectivity index (χ1v) is 7.15. The molecule has 0 fully saturated rings. The largest absolute Gasteiger partial charge is 0.122 e. The lowest BCUT2D eigenvalue weighted by molar-refractivity contribution is 1.17. The standard InChI is InChI=1S/C14H13Si/c1-2-7-13(8-3-1)15-11-10-12-6-4-5-9-14(12)15/h1-9H,10-11H2. The van der Waals surface area contributed by atoms with Gasteiger partial charge in [0.25, 0.3) is 0 Å². The normalized spacial score (nSPS) is 15.2. The molecule has 3 rings (SSSR count). The number of hydrogen-bond donors (Lipinski definition) is 0. The summed E-state index contributed by atoms with van der Waals surface area (Å²) in [5, 5.41) is 3.20. The Hall–Kier alpha value is -1.34. The van der Waals surface area contributed by atoms with Gasteiger partial charge in [0.15, 0.2) is 0 Å². The summed E-state index contributed by atoms with van der Waals surface area (Å²) in [5.41, 5.74) is 1.58. The lowest BCUT2D eigenvalue weighted by Crippen LogP contribution is -2.38. The Balaban J connectivity index is 2.05. The third-order valence-corrected chi connectivity index (χ3v) is 6.03. The van der Waals surface area contributed by atoms with Crippen LogP contribution < -0.4 is 10.4 Å². The van der Waals surface area contributed by atoms with E-state index in [9.17, 15) is 0 Å². The molecule has 0 bridgehead atoms. The molecule has 0 amide bonds. The predicted octanol–water partition coefficient (Wildman–Crippen LogP) is 1.85. The van der Waals surface area contributed by atoms with Crippen molar-refractivity contribution in [3.05, 3.63) is 60.2 Å². The van der Waals surface area contributed by atoms with Gasteiger partial charge in [0.1, 0.15) is 8.80 Å². The highest BCUT2D eigenvalue weighted by atomic mass is 28.3. The Morgan fingerprint density at radius 1 is 0.800 bits per heavy atom. The van der Waals surface area contributed by atoms with Gasteiger partial charge in [0.05, 0.1) is 0 Å². The molecule has 0 unspecified atom stereocenters. The van der Waals surface area contributed by atoms with E-state index in [2.05, 4.69) is 54.6 Å². The fraction of sp³-hybridized carbons (Fsp3) is 0.143. The Bertz CT molecular complexity index is 462. The first-order chi connectivity index (χ1) is 7.45. The zero-order chi connectivity index (χ0) is 10.1. The van der Waals surface area contributed by atoms with Crippen molar-refractivity contribution >= 4 is 19.2 Å². The summed E-state index contributed by atoms with van der Waals surface area (Å²) in [7, 11) is -0.447. The SMILES string of the molecule is c1ccc([Si]2CCc3ccccc32)cc1. The topological polar surface area (TPSA) is 0 Å². The van der Waals surface area contributed by atoms with E-state index in [1.54, 1.807) is 15.9 Å². The molecule has 0 aromatic heterocycles. The molecule has 0 nitrogen and oxygen atoms in total. The smallest absolute Gasteiger partial charge is 0.0628 e. The van der Waals surface area contributed by atoms with Gasteiger partial charge in [-0.2, -0.15) is 0 Å². The van der Waals surface area contributed by atoms with Crippen LogP contribution in [0.1, 0.15) is 5.56 Å². The molecule has 0 saturated carbocycles. The molecule has 2 aromatic carbocycles. The minimum absolute atomic E-state index is 0.447. The first kappa shape index (κ1) is 8.92. The number of aryl methyl sites for hydroxylation is 1. The summed E-state index contributed by atoms with van der Waals surface area (Å²) >= 11 is 0. The second kappa shape index (κ2) is 3.67. The molecule has 0 atom stereocenters. The zero-order valence-corrected chi connectivity index (χ0v) is 9.61. The second-order valence-corrected chi connectivity index (χ2v) is 6.57. The van der Waals surface area contributed by atoms with Crippen LogP contribution in [0, 0.1) is 0 Å². The van der Waals surface area contributed by atoms with E-state index in [4.69, 9.17) is 0 Å². The van der Waals surface area contributed by atoms with Crippen LogP contribution in [0.25, 0.3) is 0 Å². The maximum absolute atomic E-state index is 2.32. The van der Waals surface area contributed by atoms with Crippen molar-refractivity contribution in [2.75, 3.05) is 0 Å². The van der Waals surface area contributed by atoms with Crippen LogP contribution in [0.2, 0.25) is 6.04 Å². The molecule has 0 spiro atoms. The summed E-state index contributed by atoms with van der Waals surface area (Å²) in [6.07, 6.45) is 1.28. The van der Waals surface area contributed by atoms with E-state index in [1.165, 1.54) is 12.5 Å². The highest BCUT2D eigenvalue weighted by molar-refractivity contribution is 6.86. The van der Waals surface area contributed by atoms with Gasteiger partial charge in [0.2, 0.25) is 0 Å². The number of rotatable bonds is 1. The number of hydrogen-bond acceptors (Lipinski definition) is 0. The van der Waals surface area contributed by atoms with Crippen molar-refractivity contribution in [3.8, 4) is 0 Å². The predicted molar refractivity (Wildman–Crippen MR) is 66.4 cm³/mol. The van der Waals surface area contributed by atoms with Gasteiger partial charge in [-0.1, -0.05) is 65.0 Å². The van der Waals surface area contributed by atoms with E-state index >= 15 is 0 Å². The van der Waals surface area contributed by atoms with Crippen LogP contribution in [0.3, 0.4) is 0 Å². The maximum atomic E-state index is 2.32. The molecule has 1 radical (unpaired) electrons. The van der Waals surface area contributed by atoms with E-state index in [1.807, 2.05) is 0 Å². The van der Waals surface area contributed by atoms with Gasteiger partial charge in [0, 0.05) is 0 Å². The van der Waals surface area contributed by atoms with Crippen LogP contribution in [-0.4, -0.2) is 8.80 Å². The second-order valence-electron chi connectivity index (χ2n) is 4.00. The average molecular weight is 209 g/mol. The highest BCUT2D eigenvalue weighted by Crippen LogP contribution is 2.13. The molecule has 0 aliphatic carbocycles. The Kier molecular flexibility index (Phi) is 2.18. The summed E-state index contributed by atoms with van der Waals surface area (Å²) in [4.78, 5) is 0. The summed E-state index contributed by atoms with van der Waals surface area (Å²) in [6.45, 7) is 0. The summed E-state index contributed by atoms with van der Waals surface area (Å²) < 4.78 is 0. The minimum atomic E-state index is -0.447. The molecule has 2 aromatic rings. The summed E-state index contributed by atoms with van der Waals surface area (Å²) in [5.74, 6) is 0. The molecule has 15 heavy (non-hydrogen) atoms. The molecule has 1 heterocycles. The van der Waals surface area contributed by atoms with Crippen molar-refractivity contribution in [1.29, 1.82) is 0 Å². The fourth-order valence-corrected chi connectivity index (χ4v) is 5.24. The van der Waals surface area contributed by atoms with Gasteiger partial charge in [-0.15, -0.1) is 0 Å². The molecular weight excluding hydrogens is 196 g/mol. The van der Waals surface area contributed by atoms with Crippen molar-refractivity contribution in [1.82, 2.24) is 0 Å². The molecule has 0 saturated heterocycles. The quantitative estimate of drug-likeness (QED) is 0.629. The van der Waals surface area contributed by atoms with E-state index < -0.39 is 8.80 Å². The fourth-order valence-electron chi connectivity index (χ4n) is 2.37. The van der Waals surface area contributed by atoms with Gasteiger partial charge in [-0.25, -0.2) is 0 Å². The number of benzene rings is 2. The van der Waals surface area contributed by atoms with Gasteiger partial charge < -0.3 is 0 Å². The van der Waals surface area contributed by atoms with Crippen LogP contribution in [0.5, 0.6) is 0 Å². The van der Waals surface area contributed by atoms with Crippen LogP contribution in [0.15, 0.2) is 54.6 Å². The Labute approximate surface area is 92.2 Å². The number of fused-ring (bicyclic) bond motifs is 1. The van der Waals surface area contributed by atoms with Gasteiger partial charge >= 0.3 is 0 Å². The van der Waals surface area contributed by atoms with Gasteiger partial charge in [-0.3, -0.25) is 0 Å². The molecule has 1 aliphatic rings. The molecule has 1 aliphatic heterocycles. The van der Waals surface area contributed by atoms with Crippen molar-refractivity contribution < 1.29 is 0 Å². The monoisotopic (exact) mass is 209 g/mol. The average Bonchev–Trinajstić information content (AvgIpc) is 2.74. The first-order valence-electron chi connectivity index (χ1n) is 5.45. The molecule has 1 heteroatoms. The van der Waals surface area contributed by atoms with Crippen molar-refractivity contribution in [3.63, 3.8) is 0 Å². The zero-order valence-electron chi connectivity index (χ0n) is 8.61. The third-order valence-electron chi connectivity index (χ3n) is 3.11. The van der Waals surface area contributed by atoms with E-state index in [0.717, 1.165) is 0 Å². The Morgan fingerprint density at radius 3 is 2.40 bits per heavy atom. The van der Waals surface area contributed by atoms with E-state index in [-0.39, 0.29) is 0 Å². The molecule has 0 N–H and O–H groups in total. The lowest BCUT2D eigenvalue weighted by Gasteiger charge is -2.09. The minimum Gasteiger partial charge on any atom is -0.0628 e. The van der Waals surface area contributed by atoms with Gasteiger partial charge in [-0.05, 0) is 18.0 Å². The Morgan fingerprint density at radius 2 is 1.53 bits per heavy atom. The molecule has 73 valence electrons. The van der Waals surface area contributed by atoms with E-state index in [0.29, 0.717) is 0 Å². The van der Waals surface area contributed by atoms with Crippen LogP contribution in [0.4, 0.5) is 0 Å². The highest BCUT2D eigenvalue weighted by Gasteiger charge is 2.24. The maximum Gasteiger partial charge on any atom is 0.122 e. The van der Waals surface area contributed by atoms with Crippen LogP contribution >= 0.6 is 0 Å². The van der Waals surface area contributed by atoms with Crippen molar-refractivity contribution in [2.24, 2.45) is 0 Å². The summed E-state index contributed by atoms with van der Waals surface area (Å²) in [6, 6.07) is 21.3. The third kappa shape index (κ3) is 1.53. The molecular formula is C14H13Si. The van der Waals surface area contributed by atoms with Crippen LogP contribution in [-0.2, 0) is 6.42 Å². The lowest BCUT2D eigenvalue weighted by atomic mass is 10.2. The van der Waals surface area contributed by atoms with Crippen molar-refractivity contribution in [2.45, 2.75) is 12.5 Å².